The van der Waals surface area contributed by atoms with Crippen LogP contribution in [0.1, 0.15) is 18.1 Å². The van der Waals surface area contributed by atoms with Gasteiger partial charge in [-0.3, -0.25) is 9.98 Å². The van der Waals surface area contributed by atoms with Gasteiger partial charge in [0.15, 0.2) is 0 Å². The fourth-order valence-corrected chi connectivity index (χ4v) is 7.03. The van der Waals surface area contributed by atoms with Crippen LogP contribution in [-0.4, -0.2) is 11.7 Å². The smallest absolute Gasteiger partial charge is 0.0702 e. The number of hydrogen-bond acceptors (Lipinski definition) is 2. The molecule has 0 spiro atoms. The van der Waals surface area contributed by atoms with Gasteiger partial charge < -0.3 is 0 Å². The Bertz CT molecular complexity index is 2480. The minimum Gasteiger partial charge on any atom is -0.264 e. The van der Waals surface area contributed by atoms with Gasteiger partial charge >= 0.3 is 0 Å². The van der Waals surface area contributed by atoms with E-state index < -0.39 is 0 Å². The standard InChI is InChI=1S/C45H32N2/c1-3-30(29-42(46-2)34-24-26-41-33(28-34)17-13-27-47-41)43-35-18-8-7-14-31(35)23-25-40(43)45-38-21-11-9-19-36(38)44(32-15-5-4-6-16-32)37-20-10-12-22-39(37)45/h3-29H,2H2,1H3/b30-3+,42-29-. The summed E-state index contributed by atoms with van der Waals surface area (Å²) in [7, 11) is 0. The number of fused-ring (bicyclic) bond motifs is 4. The molecule has 2 heteroatoms. The largest absolute Gasteiger partial charge is 0.264 e. The van der Waals surface area contributed by atoms with Crippen molar-refractivity contribution in [2.24, 2.45) is 4.99 Å². The van der Waals surface area contributed by atoms with Crippen molar-refractivity contribution >= 4 is 61.2 Å². The number of hydrogen-bond donors (Lipinski definition) is 0. The molecule has 0 radical (unpaired) electrons. The topological polar surface area (TPSA) is 25.2 Å². The molecule has 0 aliphatic carbocycles. The second-order valence-corrected chi connectivity index (χ2v) is 11.8. The van der Waals surface area contributed by atoms with E-state index in [0.717, 1.165) is 27.7 Å². The minimum atomic E-state index is 0.817. The number of aliphatic imine (C=N–C) groups is 1. The summed E-state index contributed by atoms with van der Waals surface area (Å²) in [6, 6.07) is 52.0. The first-order valence-electron chi connectivity index (χ1n) is 16.0. The molecule has 7 aromatic carbocycles. The molecular formula is C45H32N2. The third kappa shape index (κ3) is 4.92. The second kappa shape index (κ2) is 12.0. The first kappa shape index (κ1) is 28.4. The highest BCUT2D eigenvalue weighted by molar-refractivity contribution is 6.23. The van der Waals surface area contributed by atoms with Crippen molar-refractivity contribution in [1.29, 1.82) is 0 Å². The molecule has 0 bridgehead atoms. The van der Waals surface area contributed by atoms with Gasteiger partial charge in [-0.1, -0.05) is 133 Å². The van der Waals surface area contributed by atoms with E-state index in [4.69, 9.17) is 0 Å². The van der Waals surface area contributed by atoms with E-state index >= 15 is 0 Å². The van der Waals surface area contributed by atoms with E-state index in [-0.39, 0.29) is 0 Å². The van der Waals surface area contributed by atoms with E-state index in [1.807, 2.05) is 12.3 Å². The van der Waals surface area contributed by atoms with Crippen LogP contribution in [0.4, 0.5) is 0 Å². The maximum absolute atomic E-state index is 4.56. The molecule has 1 aromatic heterocycles. The van der Waals surface area contributed by atoms with Crippen molar-refractivity contribution in [1.82, 2.24) is 4.98 Å². The normalized spacial score (nSPS) is 12.3. The highest BCUT2D eigenvalue weighted by Gasteiger charge is 2.20. The molecule has 1 heterocycles. The summed E-state index contributed by atoms with van der Waals surface area (Å²) in [6.45, 7) is 6.11. The zero-order valence-electron chi connectivity index (χ0n) is 26.2. The molecule has 0 atom stereocenters. The fourth-order valence-electron chi connectivity index (χ4n) is 7.03. The molecule has 0 amide bonds. The van der Waals surface area contributed by atoms with Crippen LogP contribution in [0.25, 0.3) is 76.7 Å². The summed E-state index contributed by atoms with van der Waals surface area (Å²) < 4.78 is 0. The summed E-state index contributed by atoms with van der Waals surface area (Å²) in [5, 5.41) is 8.39. The number of benzene rings is 7. The molecule has 8 rings (SSSR count). The van der Waals surface area contributed by atoms with Gasteiger partial charge in [-0.15, -0.1) is 0 Å². The maximum Gasteiger partial charge on any atom is 0.0702 e. The molecule has 0 aliphatic heterocycles. The number of rotatable bonds is 6. The lowest BCUT2D eigenvalue weighted by molar-refractivity contribution is 1.41. The van der Waals surface area contributed by atoms with E-state index in [9.17, 15) is 0 Å². The monoisotopic (exact) mass is 600 g/mol. The lowest BCUT2D eigenvalue weighted by Gasteiger charge is -2.21. The summed E-state index contributed by atoms with van der Waals surface area (Å²) in [4.78, 5) is 9.07. The van der Waals surface area contributed by atoms with Crippen molar-refractivity contribution in [3.8, 4) is 22.3 Å². The van der Waals surface area contributed by atoms with Crippen molar-refractivity contribution < 1.29 is 0 Å². The third-order valence-corrected chi connectivity index (χ3v) is 9.15. The average Bonchev–Trinajstić information content (AvgIpc) is 3.14. The molecule has 8 aromatic rings. The third-order valence-electron chi connectivity index (χ3n) is 9.15. The van der Waals surface area contributed by atoms with Crippen LogP contribution in [-0.2, 0) is 0 Å². The fraction of sp³-hybridized carbons (Fsp3) is 0.0222. The zero-order chi connectivity index (χ0) is 31.7. The summed E-state index contributed by atoms with van der Waals surface area (Å²) >= 11 is 0. The van der Waals surface area contributed by atoms with Gasteiger partial charge in [0, 0.05) is 17.1 Å². The Balaban J connectivity index is 1.44. The first-order valence-corrected chi connectivity index (χ1v) is 16.0. The molecule has 2 nitrogen and oxygen atoms in total. The molecule has 0 aliphatic rings. The SMILES string of the molecule is C=N/C(=C\C(=C/C)c1c(-c2c3ccccc3c(-c3ccccc3)c3ccccc23)ccc2ccccc12)c1ccc2ncccc2c1. The molecule has 47 heavy (non-hydrogen) atoms. The van der Waals surface area contributed by atoms with Crippen LogP contribution in [0, 0.1) is 0 Å². The quantitative estimate of drug-likeness (QED) is 0.106. The highest BCUT2D eigenvalue weighted by Crippen LogP contribution is 2.47. The Kier molecular flexibility index (Phi) is 7.24. The first-order chi connectivity index (χ1) is 23.2. The van der Waals surface area contributed by atoms with Crippen molar-refractivity contribution in [3.63, 3.8) is 0 Å². The van der Waals surface area contributed by atoms with Crippen molar-refractivity contribution in [3.05, 3.63) is 175 Å². The van der Waals surface area contributed by atoms with Crippen molar-refractivity contribution in [2.75, 3.05) is 0 Å². The summed E-state index contributed by atoms with van der Waals surface area (Å²) in [6.07, 6.45) is 6.20. The lowest BCUT2D eigenvalue weighted by Crippen LogP contribution is -1.96. The van der Waals surface area contributed by atoms with E-state index in [2.05, 4.69) is 175 Å². The van der Waals surface area contributed by atoms with Gasteiger partial charge in [-0.25, -0.2) is 0 Å². The summed E-state index contributed by atoms with van der Waals surface area (Å²) in [5.74, 6) is 0. The minimum absolute atomic E-state index is 0.817. The van der Waals surface area contributed by atoms with Gasteiger partial charge in [-0.05, 0) is 104 Å². The van der Waals surface area contributed by atoms with Gasteiger partial charge in [0.2, 0.25) is 0 Å². The molecule has 0 saturated carbocycles. The van der Waals surface area contributed by atoms with Crippen molar-refractivity contribution in [2.45, 2.75) is 6.92 Å². The van der Waals surface area contributed by atoms with Crippen LogP contribution in [0.2, 0.25) is 0 Å². The van der Waals surface area contributed by atoms with E-state index in [1.54, 1.807) is 0 Å². The molecule has 222 valence electrons. The Morgan fingerprint density at radius 1 is 0.596 bits per heavy atom. The van der Waals surface area contributed by atoms with Gasteiger partial charge in [0.1, 0.15) is 0 Å². The summed E-state index contributed by atoms with van der Waals surface area (Å²) in [5.41, 5.74) is 9.94. The predicted molar refractivity (Wildman–Crippen MR) is 203 cm³/mol. The Morgan fingerprint density at radius 3 is 1.89 bits per heavy atom. The van der Waals surface area contributed by atoms with Gasteiger partial charge in [0.05, 0.1) is 11.2 Å². The number of allylic oxidation sites excluding steroid dienone is 3. The Labute approximate surface area is 274 Å². The van der Waals surface area contributed by atoms with Gasteiger partial charge in [-0.2, -0.15) is 0 Å². The molecule has 0 saturated heterocycles. The van der Waals surface area contributed by atoms with Crippen LogP contribution in [0.3, 0.4) is 0 Å². The Morgan fingerprint density at radius 2 is 1.21 bits per heavy atom. The Hall–Kier alpha value is -6.12. The van der Waals surface area contributed by atoms with Crippen LogP contribution >= 0.6 is 0 Å². The number of aromatic nitrogens is 1. The van der Waals surface area contributed by atoms with Crippen LogP contribution < -0.4 is 0 Å². The highest BCUT2D eigenvalue weighted by atomic mass is 14.7. The number of pyridine rings is 1. The molecule has 0 unspecified atom stereocenters. The van der Waals surface area contributed by atoms with Crippen LogP contribution in [0.15, 0.2) is 169 Å². The maximum atomic E-state index is 4.56. The lowest BCUT2D eigenvalue weighted by atomic mass is 9.82. The van der Waals surface area contributed by atoms with E-state index in [1.165, 1.54) is 60.1 Å². The number of nitrogens with zero attached hydrogens (tertiary/aromatic N) is 2. The van der Waals surface area contributed by atoms with E-state index in [0.29, 0.717) is 0 Å². The zero-order valence-corrected chi connectivity index (χ0v) is 26.2. The second-order valence-electron chi connectivity index (χ2n) is 11.8. The van der Waals surface area contributed by atoms with Crippen LogP contribution in [0.5, 0.6) is 0 Å². The predicted octanol–water partition coefficient (Wildman–Crippen LogP) is 12.2. The molecule has 0 N–H and O–H groups in total. The van der Waals surface area contributed by atoms with Gasteiger partial charge in [0.25, 0.3) is 0 Å². The molecule has 0 fully saturated rings. The molecular weight excluding hydrogens is 569 g/mol. The average molecular weight is 601 g/mol.